The standard InChI is InChI=1S/2C25H23N2.C21H13N2O.C14H16N2.C9H6N2.C8H5N3.3Pt/c2*1-17-14-23(21-8-6-5-7-9-21)15-18(2)25(17)22-10-12-24(13-11-22)27-20(4)16-19(3)26-27;1-2-5-20-18(4-1)19-11-8-16(14-21(19)24-20)15-6-9-17(10-7-15)23-13-3-12-22-23;1-10-9-13(16-15-10)11-5-7-12(8-6-11)14(2,3)4;1-2-4-8(5-3-1)9-10-6-7-11-9;1-2-4-7(5-3-1)8-9-6-10-11-8;;;/h2*5-12,14-16H,1-4H3;1-9,11-14H;5,7-9H,1-4H3;1-4,6-7H;1-4,6H;;;/q3*-1;3*-2;;;. The van der Waals surface area contributed by atoms with Crippen molar-refractivity contribution in [2.75, 3.05) is 0 Å². The van der Waals surface area contributed by atoms with Crippen LogP contribution in [0.2, 0.25) is 0 Å². The van der Waals surface area contributed by atoms with E-state index < -0.39 is 0 Å². The first-order chi connectivity index (χ1) is 56.3. The Labute approximate surface area is 740 Å². The van der Waals surface area contributed by atoms with E-state index in [1.807, 2.05) is 133 Å². The number of aromatic nitrogens is 13. The molecule has 0 aliphatic rings. The third kappa shape index (κ3) is 21.9. The maximum atomic E-state index is 5.97. The van der Waals surface area contributed by atoms with E-state index >= 15 is 0 Å². The molecule has 0 bridgehead atoms. The second kappa shape index (κ2) is 40.7. The topological polar surface area (TPSA) is 160 Å². The second-order valence-corrected chi connectivity index (χ2v) is 29.4. The van der Waals surface area contributed by atoms with E-state index in [0.717, 1.165) is 107 Å². The van der Waals surface area contributed by atoms with Crippen LogP contribution in [-0.4, -0.2) is 49.6 Å². The monoisotopic (exact) mass is 2090 g/mol. The molecule has 7 heterocycles. The third-order valence-corrected chi connectivity index (χ3v) is 19.5. The molecule has 0 N–H and O–H groups in total. The molecule has 12 aromatic carbocycles. The molecular formula is C102H86N13OPt3-9. The van der Waals surface area contributed by atoms with Gasteiger partial charge in [-0.15, -0.1) is 137 Å². The Hall–Kier alpha value is -12.3. The molecule has 604 valence electrons. The summed E-state index contributed by atoms with van der Waals surface area (Å²) in [6.45, 7) is 25.4. The van der Waals surface area contributed by atoms with E-state index in [9.17, 15) is 0 Å². The van der Waals surface area contributed by atoms with Crippen LogP contribution in [0, 0.1) is 98.7 Å². The number of aryl methyl sites for hydroxylation is 9. The number of hydrogen-bond donors (Lipinski definition) is 0. The van der Waals surface area contributed by atoms with Crippen molar-refractivity contribution in [3.63, 3.8) is 0 Å². The van der Waals surface area contributed by atoms with Gasteiger partial charge >= 0.3 is 0 Å². The van der Waals surface area contributed by atoms with Crippen LogP contribution in [0.4, 0.5) is 0 Å². The molecule has 7 aromatic heterocycles. The molecule has 0 amide bonds. The molecule has 0 atom stereocenters. The molecule has 14 nitrogen and oxygen atoms in total. The maximum Gasteiger partial charge on any atom is 0.135 e. The molecule has 0 spiro atoms. The molecular weight excluding hydrogens is 2010 g/mol. The first kappa shape index (κ1) is 87.5. The predicted molar refractivity (Wildman–Crippen MR) is 466 cm³/mol. The number of benzene rings is 12. The summed E-state index contributed by atoms with van der Waals surface area (Å²) >= 11 is 0. The summed E-state index contributed by atoms with van der Waals surface area (Å²) in [7, 11) is 0. The van der Waals surface area contributed by atoms with Gasteiger partial charge in [-0.3, -0.25) is 14.0 Å². The number of para-hydroxylation sites is 1. The Balaban J connectivity index is 0.000000143. The largest absolute Gasteiger partial charge is 0.619 e. The zero-order valence-electron chi connectivity index (χ0n) is 68.0. The molecule has 17 heteroatoms. The van der Waals surface area contributed by atoms with Crippen molar-refractivity contribution < 1.29 is 67.6 Å². The molecule has 0 fully saturated rings. The van der Waals surface area contributed by atoms with E-state index in [2.05, 4.69) is 325 Å². The number of fused-ring (bicyclic) bond motifs is 3. The average Bonchev–Trinajstić information content (AvgIpc) is 1.51. The molecule has 0 unspecified atom stereocenters. The van der Waals surface area contributed by atoms with Gasteiger partial charge in [-0.05, 0) is 144 Å². The smallest absolute Gasteiger partial charge is 0.135 e. The van der Waals surface area contributed by atoms with Crippen molar-refractivity contribution in [1.82, 2.24) is 64.7 Å². The van der Waals surface area contributed by atoms with E-state index in [4.69, 9.17) is 4.42 Å². The Morgan fingerprint density at radius 1 is 0.387 bits per heavy atom. The Kier molecular flexibility index (Phi) is 29.9. The van der Waals surface area contributed by atoms with Gasteiger partial charge in [-0.25, -0.2) is 5.69 Å². The minimum absolute atomic E-state index is 0. The van der Waals surface area contributed by atoms with Gasteiger partial charge in [-0.1, -0.05) is 199 Å². The van der Waals surface area contributed by atoms with Gasteiger partial charge < -0.3 is 39.8 Å². The molecule has 0 radical (unpaired) electrons. The van der Waals surface area contributed by atoms with E-state index in [1.54, 1.807) is 23.3 Å². The fourth-order valence-corrected chi connectivity index (χ4v) is 14.0. The quantitative estimate of drug-likeness (QED) is 0.113. The minimum Gasteiger partial charge on any atom is -0.619 e. The third-order valence-electron chi connectivity index (χ3n) is 19.5. The van der Waals surface area contributed by atoms with Crippen LogP contribution >= 0.6 is 0 Å². The molecule has 0 saturated heterocycles. The molecule has 19 rings (SSSR count). The summed E-state index contributed by atoms with van der Waals surface area (Å²) in [5.74, 6) is 1.37. The Morgan fingerprint density at radius 2 is 0.908 bits per heavy atom. The normalized spacial score (nSPS) is 10.7. The van der Waals surface area contributed by atoms with Crippen LogP contribution in [0.3, 0.4) is 0 Å². The van der Waals surface area contributed by atoms with Gasteiger partial charge in [0.2, 0.25) is 0 Å². The summed E-state index contributed by atoms with van der Waals surface area (Å²) < 4.78 is 11.7. The van der Waals surface area contributed by atoms with Crippen LogP contribution < -0.4 is 15.1 Å². The number of nitrogens with zero attached hydrogens (tertiary/aromatic N) is 13. The van der Waals surface area contributed by atoms with E-state index in [1.165, 1.54) is 78.7 Å². The van der Waals surface area contributed by atoms with Crippen LogP contribution in [0.1, 0.15) is 77.1 Å². The summed E-state index contributed by atoms with van der Waals surface area (Å²) in [6, 6.07) is 112. The number of imidazole rings is 1. The van der Waals surface area contributed by atoms with Crippen LogP contribution in [0.15, 0.2) is 309 Å². The molecule has 0 aliphatic carbocycles. The van der Waals surface area contributed by atoms with E-state index in [-0.39, 0.29) is 68.6 Å². The van der Waals surface area contributed by atoms with Gasteiger partial charge in [0.1, 0.15) is 11.2 Å². The van der Waals surface area contributed by atoms with E-state index in [0.29, 0.717) is 5.82 Å². The Bertz CT molecular complexity index is 6060. The van der Waals surface area contributed by atoms with Gasteiger partial charge in [0, 0.05) is 103 Å². The molecule has 0 saturated carbocycles. The fourth-order valence-electron chi connectivity index (χ4n) is 14.0. The summed E-state index contributed by atoms with van der Waals surface area (Å²) in [5, 5.41) is 31.1. The van der Waals surface area contributed by atoms with Gasteiger partial charge in [-0.2, -0.15) is 81.0 Å². The molecule has 19 aromatic rings. The van der Waals surface area contributed by atoms with Gasteiger partial charge in [0.15, 0.2) is 0 Å². The second-order valence-electron chi connectivity index (χ2n) is 29.4. The maximum absolute atomic E-state index is 5.97. The predicted octanol–water partition coefficient (Wildman–Crippen LogP) is 23.2. The van der Waals surface area contributed by atoms with Gasteiger partial charge in [0.25, 0.3) is 0 Å². The minimum atomic E-state index is 0. The van der Waals surface area contributed by atoms with Crippen molar-refractivity contribution in [2.45, 2.75) is 88.5 Å². The van der Waals surface area contributed by atoms with Crippen molar-refractivity contribution in [1.29, 1.82) is 0 Å². The zero-order chi connectivity index (χ0) is 80.7. The van der Waals surface area contributed by atoms with Gasteiger partial charge in [0.05, 0.1) is 11.4 Å². The first-order valence-corrected chi connectivity index (χ1v) is 38.4. The Morgan fingerprint density at radius 3 is 1.35 bits per heavy atom. The summed E-state index contributed by atoms with van der Waals surface area (Å²) in [6.07, 6.45) is 8.45. The van der Waals surface area contributed by atoms with Crippen molar-refractivity contribution >= 4 is 21.9 Å². The van der Waals surface area contributed by atoms with Crippen molar-refractivity contribution in [3.8, 4) is 107 Å². The first-order valence-electron chi connectivity index (χ1n) is 38.4. The number of rotatable bonds is 11. The zero-order valence-corrected chi connectivity index (χ0v) is 74.9. The SMILES string of the molecule is Cc1cc(-c2[c-]cc(C(C)(C)C)cc2)[n-]n1.Cc1cc(C)n(-c2[c-]cc(-c3c(C)cc(-c4ccccc4)cc3C)cc2)n1.Cc1cc(C)n(-c2[c-]cc(-c3c(C)cc(-c4ccccc4)cc3C)cc2)n1.[Pt].[Pt].[Pt].[c-]1cc(-c2ccc3c(c2)oc2ccccc23)ccc1-n1cccn1.[c-]1ccccc1-c1ncc[n-]1.[c-]1ccccc1-c1nnc[n-]1. The summed E-state index contributed by atoms with van der Waals surface area (Å²) in [4.78, 5) is 12.0. The fraction of sp³-hybridized carbons (Fsp3) is 0.127. The molecule has 119 heavy (non-hydrogen) atoms. The number of furan rings is 1. The summed E-state index contributed by atoms with van der Waals surface area (Å²) in [5.41, 5.74) is 32.4. The van der Waals surface area contributed by atoms with Crippen LogP contribution in [0.5, 0.6) is 0 Å². The number of hydrogen-bond acceptors (Lipinski definition) is 8. The van der Waals surface area contributed by atoms with Crippen LogP contribution in [-0.2, 0) is 68.6 Å². The van der Waals surface area contributed by atoms with Crippen LogP contribution in [0.25, 0.3) is 129 Å². The molecule has 0 aliphatic heterocycles. The average molecular weight is 2100 g/mol. The van der Waals surface area contributed by atoms with Crippen molar-refractivity contribution in [3.05, 3.63) is 397 Å². The van der Waals surface area contributed by atoms with Crippen molar-refractivity contribution in [2.24, 2.45) is 0 Å².